The lowest BCUT2D eigenvalue weighted by Crippen LogP contribution is -2.51. The Kier molecular flexibility index (Phi) is 10.3. The molecule has 0 aromatic heterocycles. The third-order valence-electron chi connectivity index (χ3n) is 6.51. The first kappa shape index (κ1) is 30.4. The minimum absolute atomic E-state index is 0.0817. The molecule has 9 heteroatoms. The number of hydrogen-bond donors (Lipinski definition) is 1. The lowest BCUT2D eigenvalue weighted by atomic mass is 10.1. The minimum atomic E-state index is -4.08. The molecule has 1 unspecified atom stereocenters. The van der Waals surface area contributed by atoms with Gasteiger partial charge in [0.15, 0.2) is 0 Å². The zero-order chi connectivity index (χ0) is 28.7. The summed E-state index contributed by atoms with van der Waals surface area (Å²) >= 11 is 3.42. The van der Waals surface area contributed by atoms with Crippen LogP contribution in [0.2, 0.25) is 0 Å². The summed E-state index contributed by atoms with van der Waals surface area (Å²) in [6, 6.07) is 20.0. The van der Waals surface area contributed by atoms with Crippen molar-refractivity contribution in [3.63, 3.8) is 0 Å². The molecule has 0 saturated carbocycles. The van der Waals surface area contributed by atoms with Crippen molar-refractivity contribution in [2.75, 3.05) is 17.4 Å². The minimum Gasteiger partial charge on any atom is -0.354 e. The number of aryl methyl sites for hydroxylation is 2. The molecule has 0 aliphatic rings. The van der Waals surface area contributed by atoms with Crippen LogP contribution in [0.25, 0.3) is 0 Å². The molecule has 0 fully saturated rings. The molecule has 0 bridgehead atoms. The molecule has 1 atom stereocenters. The number of amides is 2. The highest BCUT2D eigenvalue weighted by Gasteiger charge is 2.32. The molecule has 1 N–H and O–H groups in total. The lowest BCUT2D eigenvalue weighted by Gasteiger charge is -2.32. The largest absolute Gasteiger partial charge is 0.354 e. The lowest BCUT2D eigenvalue weighted by molar-refractivity contribution is -0.139. The summed E-state index contributed by atoms with van der Waals surface area (Å²) in [7, 11) is -4.08. The third-order valence-corrected chi connectivity index (χ3v) is 8.82. The molecular formula is C30H36BrN3O4S. The SMILES string of the molecule is Cc1ccc(N(CC(=O)N(Cc2ccc(Br)cc2)C(C)C(=O)NCC(C)C)S(=O)(=O)c2ccccc2)cc1C. The molecule has 0 heterocycles. The van der Waals surface area contributed by atoms with E-state index in [-0.39, 0.29) is 23.3 Å². The molecule has 3 aromatic rings. The summed E-state index contributed by atoms with van der Waals surface area (Å²) in [6.07, 6.45) is 0. The van der Waals surface area contributed by atoms with Crippen LogP contribution in [-0.2, 0) is 26.2 Å². The Morgan fingerprint density at radius 3 is 2.13 bits per heavy atom. The van der Waals surface area contributed by atoms with E-state index in [9.17, 15) is 18.0 Å². The van der Waals surface area contributed by atoms with E-state index in [1.54, 1.807) is 37.3 Å². The fourth-order valence-corrected chi connectivity index (χ4v) is 5.64. The maximum atomic E-state index is 13.9. The number of nitrogens with zero attached hydrogens (tertiary/aromatic N) is 2. The fraction of sp³-hybridized carbons (Fsp3) is 0.333. The molecule has 208 valence electrons. The third kappa shape index (κ3) is 7.92. The smallest absolute Gasteiger partial charge is 0.264 e. The molecule has 0 aliphatic heterocycles. The first-order chi connectivity index (χ1) is 18.4. The Morgan fingerprint density at radius 1 is 0.897 bits per heavy atom. The van der Waals surface area contributed by atoms with E-state index in [2.05, 4.69) is 21.2 Å². The second-order valence-corrected chi connectivity index (χ2v) is 12.8. The second kappa shape index (κ2) is 13.3. The van der Waals surface area contributed by atoms with Gasteiger partial charge in [-0.3, -0.25) is 13.9 Å². The number of anilines is 1. The van der Waals surface area contributed by atoms with Gasteiger partial charge in [-0.15, -0.1) is 0 Å². The molecule has 0 spiro atoms. The molecule has 0 aliphatic carbocycles. The van der Waals surface area contributed by atoms with Crippen molar-refractivity contribution in [3.8, 4) is 0 Å². The maximum absolute atomic E-state index is 13.9. The molecule has 3 aromatic carbocycles. The number of carbonyl (C=O) groups is 2. The topological polar surface area (TPSA) is 86.8 Å². The van der Waals surface area contributed by atoms with E-state index in [0.717, 1.165) is 25.5 Å². The van der Waals surface area contributed by atoms with Crippen molar-refractivity contribution in [1.82, 2.24) is 10.2 Å². The van der Waals surface area contributed by atoms with Crippen molar-refractivity contribution in [1.29, 1.82) is 0 Å². The summed E-state index contributed by atoms with van der Waals surface area (Å²) in [6.45, 7) is 9.65. The molecule has 0 saturated heterocycles. The highest BCUT2D eigenvalue weighted by molar-refractivity contribution is 9.10. The number of halogens is 1. The maximum Gasteiger partial charge on any atom is 0.264 e. The van der Waals surface area contributed by atoms with Gasteiger partial charge >= 0.3 is 0 Å². The van der Waals surface area contributed by atoms with Gasteiger partial charge in [0.05, 0.1) is 10.6 Å². The van der Waals surface area contributed by atoms with E-state index >= 15 is 0 Å². The van der Waals surface area contributed by atoms with E-state index in [0.29, 0.717) is 12.2 Å². The van der Waals surface area contributed by atoms with E-state index in [4.69, 9.17) is 0 Å². The quantitative estimate of drug-likeness (QED) is 0.311. The van der Waals surface area contributed by atoms with E-state index in [1.165, 1.54) is 17.0 Å². The van der Waals surface area contributed by atoms with Gasteiger partial charge < -0.3 is 10.2 Å². The van der Waals surface area contributed by atoms with Crippen LogP contribution in [0.15, 0.2) is 82.2 Å². The predicted molar refractivity (Wildman–Crippen MR) is 159 cm³/mol. The Bertz CT molecular complexity index is 1390. The molecular weight excluding hydrogens is 578 g/mol. The summed E-state index contributed by atoms with van der Waals surface area (Å²) in [5.41, 5.74) is 3.12. The number of carbonyl (C=O) groups excluding carboxylic acids is 2. The number of benzene rings is 3. The van der Waals surface area contributed by atoms with Gasteiger partial charge in [0.1, 0.15) is 12.6 Å². The number of hydrogen-bond acceptors (Lipinski definition) is 4. The van der Waals surface area contributed by atoms with E-state index < -0.39 is 28.5 Å². The summed E-state index contributed by atoms with van der Waals surface area (Å²) in [5.74, 6) is -0.534. The zero-order valence-electron chi connectivity index (χ0n) is 23.0. The molecule has 3 rings (SSSR count). The van der Waals surface area contributed by atoms with Crippen molar-refractivity contribution in [2.45, 2.75) is 52.1 Å². The van der Waals surface area contributed by atoms with Crippen LogP contribution in [0.4, 0.5) is 5.69 Å². The molecule has 2 amide bonds. The van der Waals surface area contributed by atoms with Crippen molar-refractivity contribution in [3.05, 3.63) is 94.0 Å². The molecule has 39 heavy (non-hydrogen) atoms. The first-order valence-corrected chi connectivity index (χ1v) is 15.1. The van der Waals surface area contributed by atoms with Crippen LogP contribution in [0.3, 0.4) is 0 Å². The predicted octanol–water partition coefficient (Wildman–Crippen LogP) is 5.45. The average Bonchev–Trinajstić information content (AvgIpc) is 2.91. The summed E-state index contributed by atoms with van der Waals surface area (Å²) in [5, 5.41) is 2.89. The van der Waals surface area contributed by atoms with Gasteiger partial charge in [0.25, 0.3) is 10.0 Å². The Hall–Kier alpha value is -3.17. The van der Waals surface area contributed by atoms with Gasteiger partial charge in [0.2, 0.25) is 11.8 Å². The van der Waals surface area contributed by atoms with Gasteiger partial charge in [-0.05, 0) is 79.8 Å². The van der Waals surface area contributed by atoms with E-state index in [1.807, 2.05) is 58.0 Å². The Labute approximate surface area is 240 Å². The van der Waals surface area contributed by atoms with Gasteiger partial charge in [-0.2, -0.15) is 0 Å². The van der Waals surface area contributed by atoms with Gasteiger partial charge in [0, 0.05) is 17.6 Å². The Morgan fingerprint density at radius 2 is 1.54 bits per heavy atom. The average molecular weight is 615 g/mol. The van der Waals surface area contributed by atoms with Crippen LogP contribution in [0, 0.1) is 19.8 Å². The highest BCUT2D eigenvalue weighted by Crippen LogP contribution is 2.26. The van der Waals surface area contributed by atoms with Crippen molar-refractivity contribution >= 4 is 43.5 Å². The monoisotopic (exact) mass is 613 g/mol. The number of sulfonamides is 1. The van der Waals surface area contributed by atoms with Crippen LogP contribution < -0.4 is 9.62 Å². The van der Waals surface area contributed by atoms with Crippen LogP contribution >= 0.6 is 15.9 Å². The summed E-state index contributed by atoms with van der Waals surface area (Å²) < 4.78 is 29.7. The van der Waals surface area contributed by atoms with Crippen molar-refractivity contribution < 1.29 is 18.0 Å². The Balaban J connectivity index is 2.02. The number of rotatable bonds is 11. The van der Waals surface area contributed by atoms with Crippen molar-refractivity contribution in [2.24, 2.45) is 5.92 Å². The number of nitrogens with one attached hydrogen (secondary N) is 1. The van der Waals surface area contributed by atoms with Crippen LogP contribution in [0.5, 0.6) is 0 Å². The molecule has 7 nitrogen and oxygen atoms in total. The zero-order valence-corrected chi connectivity index (χ0v) is 25.4. The first-order valence-electron chi connectivity index (χ1n) is 12.9. The van der Waals surface area contributed by atoms with Crippen LogP contribution in [0.1, 0.15) is 37.5 Å². The second-order valence-electron chi connectivity index (χ2n) is 10.1. The highest BCUT2D eigenvalue weighted by atomic mass is 79.9. The standard InChI is InChI=1S/C30H36BrN3O4S/c1-21(2)18-32-30(36)24(5)33(19-25-12-14-26(31)15-13-25)29(35)20-34(27-16-11-22(3)23(4)17-27)39(37,38)28-9-7-6-8-10-28/h6-17,21,24H,18-20H2,1-5H3,(H,32,36). The van der Waals surface area contributed by atoms with Gasteiger partial charge in [-0.1, -0.05) is 66.2 Å². The van der Waals surface area contributed by atoms with Crippen LogP contribution in [-0.4, -0.2) is 44.3 Å². The van der Waals surface area contributed by atoms with Gasteiger partial charge in [-0.25, -0.2) is 8.42 Å². The molecule has 0 radical (unpaired) electrons. The fourth-order valence-electron chi connectivity index (χ4n) is 3.95. The normalized spacial score (nSPS) is 12.2. The summed E-state index contributed by atoms with van der Waals surface area (Å²) in [4.78, 5) is 28.5.